The summed E-state index contributed by atoms with van der Waals surface area (Å²) in [5.74, 6) is 0. The third-order valence-electron chi connectivity index (χ3n) is 3.70. The summed E-state index contributed by atoms with van der Waals surface area (Å²) in [4.78, 5) is 10.3. The molecule has 1 N–H and O–H groups in total. The van der Waals surface area contributed by atoms with Gasteiger partial charge in [-0.1, -0.05) is 39.7 Å². The molecule has 2 aromatic rings. The lowest BCUT2D eigenvalue weighted by Gasteiger charge is -2.16. The van der Waals surface area contributed by atoms with E-state index in [9.17, 15) is 10.1 Å². The fourth-order valence-corrected chi connectivity index (χ4v) is 3.53. The van der Waals surface area contributed by atoms with Gasteiger partial charge in [-0.15, -0.1) is 0 Å². The van der Waals surface area contributed by atoms with Crippen LogP contribution in [0.1, 0.15) is 23.6 Å². The lowest BCUT2D eigenvalue weighted by Crippen LogP contribution is -2.07. The van der Waals surface area contributed by atoms with Gasteiger partial charge in [0.25, 0.3) is 5.69 Å². The molecule has 0 saturated heterocycles. The molecule has 1 atom stereocenters. The van der Waals surface area contributed by atoms with Gasteiger partial charge in [-0.05, 0) is 42.2 Å². The zero-order chi connectivity index (χ0) is 15.0. The second kappa shape index (κ2) is 5.66. The SMILES string of the molecule is O=[N+]([O-])c1ccc(NC2CCc3c(Br)cccc32)cc1Cl. The molecule has 1 aliphatic rings. The zero-order valence-corrected chi connectivity index (χ0v) is 13.3. The van der Waals surface area contributed by atoms with Crippen LogP contribution in [0.5, 0.6) is 0 Å². The summed E-state index contributed by atoms with van der Waals surface area (Å²) >= 11 is 9.52. The summed E-state index contributed by atoms with van der Waals surface area (Å²) in [6, 6.07) is 11.1. The molecule has 0 aliphatic heterocycles. The van der Waals surface area contributed by atoms with Gasteiger partial charge in [-0.25, -0.2) is 0 Å². The van der Waals surface area contributed by atoms with Gasteiger partial charge >= 0.3 is 0 Å². The van der Waals surface area contributed by atoms with E-state index in [0.29, 0.717) is 0 Å². The van der Waals surface area contributed by atoms with Crippen molar-refractivity contribution in [2.45, 2.75) is 18.9 Å². The largest absolute Gasteiger partial charge is 0.378 e. The predicted octanol–water partition coefficient (Wildman–Crippen LogP) is 5.11. The number of nitrogens with zero attached hydrogens (tertiary/aromatic N) is 1. The molecule has 6 heteroatoms. The number of benzene rings is 2. The minimum atomic E-state index is -0.478. The molecule has 3 rings (SSSR count). The summed E-state index contributed by atoms with van der Waals surface area (Å²) in [5, 5.41) is 14.3. The third-order valence-corrected chi connectivity index (χ3v) is 4.74. The van der Waals surface area contributed by atoms with Gasteiger partial charge in [-0.3, -0.25) is 10.1 Å². The van der Waals surface area contributed by atoms with Crippen LogP contribution in [0.3, 0.4) is 0 Å². The van der Waals surface area contributed by atoms with Crippen LogP contribution in [0.25, 0.3) is 0 Å². The second-order valence-corrected chi connectivity index (χ2v) is 6.23. The molecule has 4 nitrogen and oxygen atoms in total. The van der Waals surface area contributed by atoms with Crippen LogP contribution in [-0.2, 0) is 6.42 Å². The topological polar surface area (TPSA) is 55.2 Å². The van der Waals surface area contributed by atoms with Gasteiger partial charge in [0.15, 0.2) is 0 Å². The first-order valence-electron chi connectivity index (χ1n) is 6.54. The molecule has 0 saturated carbocycles. The van der Waals surface area contributed by atoms with E-state index >= 15 is 0 Å². The van der Waals surface area contributed by atoms with Crippen molar-refractivity contribution in [1.82, 2.24) is 0 Å². The molecule has 2 aromatic carbocycles. The Morgan fingerprint density at radius 2 is 2.14 bits per heavy atom. The van der Waals surface area contributed by atoms with Crippen LogP contribution in [-0.4, -0.2) is 4.92 Å². The molecule has 1 aliphatic carbocycles. The van der Waals surface area contributed by atoms with Crippen LogP contribution in [0.15, 0.2) is 40.9 Å². The number of anilines is 1. The minimum absolute atomic E-state index is 0.0724. The summed E-state index contributed by atoms with van der Waals surface area (Å²) in [7, 11) is 0. The molecular weight excluding hydrogens is 356 g/mol. The Morgan fingerprint density at radius 3 is 2.86 bits per heavy atom. The maximum Gasteiger partial charge on any atom is 0.288 e. The van der Waals surface area contributed by atoms with Crippen LogP contribution < -0.4 is 5.32 Å². The smallest absolute Gasteiger partial charge is 0.288 e. The van der Waals surface area contributed by atoms with E-state index in [1.54, 1.807) is 12.1 Å². The van der Waals surface area contributed by atoms with E-state index in [0.717, 1.165) is 23.0 Å². The minimum Gasteiger partial charge on any atom is -0.378 e. The van der Waals surface area contributed by atoms with Gasteiger partial charge in [-0.2, -0.15) is 0 Å². The van der Waals surface area contributed by atoms with E-state index in [2.05, 4.69) is 27.3 Å². The van der Waals surface area contributed by atoms with E-state index < -0.39 is 4.92 Å². The van der Waals surface area contributed by atoms with Crippen LogP contribution in [0.2, 0.25) is 5.02 Å². The van der Waals surface area contributed by atoms with E-state index in [1.165, 1.54) is 17.2 Å². The molecule has 108 valence electrons. The fourth-order valence-electron chi connectivity index (χ4n) is 2.71. The number of nitrogens with one attached hydrogen (secondary N) is 1. The first-order valence-corrected chi connectivity index (χ1v) is 7.71. The van der Waals surface area contributed by atoms with E-state index in [4.69, 9.17) is 11.6 Å². The maximum atomic E-state index is 10.8. The van der Waals surface area contributed by atoms with Crippen molar-refractivity contribution in [2.24, 2.45) is 0 Å². The van der Waals surface area contributed by atoms with Crippen molar-refractivity contribution in [1.29, 1.82) is 0 Å². The summed E-state index contributed by atoms with van der Waals surface area (Å²) < 4.78 is 1.13. The Kier molecular flexibility index (Phi) is 3.87. The average Bonchev–Trinajstić information content (AvgIpc) is 2.83. The molecule has 0 spiro atoms. The number of hydrogen-bond acceptors (Lipinski definition) is 3. The van der Waals surface area contributed by atoms with Crippen LogP contribution in [0, 0.1) is 10.1 Å². The highest BCUT2D eigenvalue weighted by molar-refractivity contribution is 9.10. The van der Waals surface area contributed by atoms with Crippen molar-refractivity contribution < 1.29 is 4.92 Å². The van der Waals surface area contributed by atoms with Gasteiger partial charge in [0, 0.05) is 16.2 Å². The van der Waals surface area contributed by atoms with Crippen LogP contribution >= 0.6 is 27.5 Å². The Morgan fingerprint density at radius 1 is 1.33 bits per heavy atom. The lowest BCUT2D eigenvalue weighted by atomic mass is 10.1. The van der Waals surface area contributed by atoms with E-state index in [-0.39, 0.29) is 16.8 Å². The maximum absolute atomic E-state index is 10.8. The van der Waals surface area contributed by atoms with Crippen molar-refractivity contribution in [3.8, 4) is 0 Å². The van der Waals surface area contributed by atoms with Crippen molar-refractivity contribution in [3.63, 3.8) is 0 Å². The second-order valence-electron chi connectivity index (χ2n) is 4.97. The molecule has 0 heterocycles. The molecule has 21 heavy (non-hydrogen) atoms. The number of halogens is 2. The van der Waals surface area contributed by atoms with Crippen LogP contribution in [0.4, 0.5) is 11.4 Å². The lowest BCUT2D eigenvalue weighted by molar-refractivity contribution is -0.384. The number of hydrogen-bond donors (Lipinski definition) is 1. The summed E-state index contributed by atoms with van der Waals surface area (Å²) in [6.07, 6.45) is 2.00. The third kappa shape index (κ3) is 2.76. The number of fused-ring (bicyclic) bond motifs is 1. The Labute approximate surface area is 135 Å². The molecule has 0 fully saturated rings. The number of nitro groups is 1. The highest BCUT2D eigenvalue weighted by atomic mass is 79.9. The predicted molar refractivity (Wildman–Crippen MR) is 86.9 cm³/mol. The molecular formula is C15H12BrClN2O2. The first-order chi connectivity index (χ1) is 10.1. The quantitative estimate of drug-likeness (QED) is 0.606. The zero-order valence-electron chi connectivity index (χ0n) is 11.0. The monoisotopic (exact) mass is 366 g/mol. The van der Waals surface area contributed by atoms with E-state index in [1.807, 2.05) is 12.1 Å². The number of nitro benzene ring substituents is 1. The van der Waals surface area contributed by atoms with Gasteiger partial charge in [0.05, 0.1) is 11.0 Å². The number of rotatable bonds is 3. The Hall–Kier alpha value is -1.59. The summed E-state index contributed by atoms with van der Waals surface area (Å²) in [5.41, 5.74) is 3.31. The van der Waals surface area contributed by atoms with Crippen molar-refractivity contribution in [3.05, 3.63) is 67.1 Å². The molecule has 0 aromatic heterocycles. The summed E-state index contributed by atoms with van der Waals surface area (Å²) in [6.45, 7) is 0. The highest BCUT2D eigenvalue weighted by Crippen LogP contribution is 2.38. The average molecular weight is 368 g/mol. The molecule has 0 bridgehead atoms. The van der Waals surface area contributed by atoms with Gasteiger partial charge < -0.3 is 5.32 Å². The normalized spacial score (nSPS) is 16.6. The highest BCUT2D eigenvalue weighted by Gasteiger charge is 2.24. The molecule has 0 radical (unpaired) electrons. The Bertz CT molecular complexity index is 721. The van der Waals surface area contributed by atoms with Crippen molar-refractivity contribution >= 4 is 38.9 Å². The van der Waals surface area contributed by atoms with Gasteiger partial charge in [0.2, 0.25) is 0 Å². The Balaban J connectivity index is 1.85. The standard InChI is InChI=1S/C15H12BrClN2O2/c16-12-3-1-2-11-10(12)5-6-14(11)18-9-4-7-15(19(20)21)13(17)8-9/h1-4,7-8,14,18H,5-6H2. The first kappa shape index (κ1) is 14.4. The molecule has 0 amide bonds. The van der Waals surface area contributed by atoms with Gasteiger partial charge in [0.1, 0.15) is 5.02 Å². The molecule has 1 unspecified atom stereocenters. The fraction of sp³-hybridized carbons (Fsp3) is 0.200. The van der Waals surface area contributed by atoms with Crippen molar-refractivity contribution in [2.75, 3.05) is 5.32 Å².